The number of ether oxygens (including phenoxy) is 1. The molecule has 2 N–H and O–H groups in total. The number of hydrogen-bond acceptors (Lipinski definition) is 6. The van der Waals surface area contributed by atoms with Crippen molar-refractivity contribution in [3.8, 4) is 0 Å². The van der Waals surface area contributed by atoms with Crippen LogP contribution in [0.2, 0.25) is 0 Å². The van der Waals surface area contributed by atoms with E-state index in [1.807, 2.05) is 30.3 Å². The summed E-state index contributed by atoms with van der Waals surface area (Å²) in [4.78, 5) is 36.5. The third kappa shape index (κ3) is 5.58. The van der Waals surface area contributed by atoms with Gasteiger partial charge < -0.3 is 20.3 Å². The highest BCUT2D eigenvalue weighted by molar-refractivity contribution is 6.04. The first-order valence-corrected chi connectivity index (χ1v) is 11.0. The van der Waals surface area contributed by atoms with Gasteiger partial charge >= 0.3 is 0 Å². The van der Waals surface area contributed by atoms with Crippen molar-refractivity contribution in [2.75, 3.05) is 43.1 Å². The maximum atomic E-state index is 12.9. The molecule has 0 atom stereocenters. The summed E-state index contributed by atoms with van der Waals surface area (Å²) in [6.07, 6.45) is 6.23. The second kappa shape index (κ2) is 10.3. The molecule has 2 heterocycles. The molecule has 164 valence electrons. The first-order valence-electron chi connectivity index (χ1n) is 11.0. The minimum absolute atomic E-state index is 0.107. The summed E-state index contributed by atoms with van der Waals surface area (Å²) in [6, 6.07) is 9.30. The van der Waals surface area contributed by atoms with Crippen molar-refractivity contribution in [2.45, 2.75) is 32.1 Å². The van der Waals surface area contributed by atoms with Crippen LogP contribution in [-0.2, 0) is 16.0 Å². The molecule has 0 bridgehead atoms. The molecule has 1 aliphatic carbocycles. The Bertz CT molecular complexity index is 893. The fourth-order valence-electron chi connectivity index (χ4n) is 4.06. The van der Waals surface area contributed by atoms with Crippen LogP contribution in [0.25, 0.3) is 0 Å². The topological polar surface area (TPSA) is 96.5 Å². The van der Waals surface area contributed by atoms with E-state index in [4.69, 9.17) is 9.72 Å². The second-order valence-corrected chi connectivity index (χ2v) is 7.97. The van der Waals surface area contributed by atoms with Gasteiger partial charge in [-0.05, 0) is 25.0 Å². The third-order valence-corrected chi connectivity index (χ3v) is 5.81. The largest absolute Gasteiger partial charge is 0.378 e. The molecule has 2 amide bonds. The maximum absolute atomic E-state index is 12.9. The molecule has 4 rings (SSSR count). The summed E-state index contributed by atoms with van der Waals surface area (Å²) < 4.78 is 5.41. The molecule has 2 aromatic rings. The number of rotatable bonds is 7. The number of benzene rings is 1. The van der Waals surface area contributed by atoms with E-state index >= 15 is 0 Å². The van der Waals surface area contributed by atoms with Crippen LogP contribution in [0.1, 0.15) is 41.7 Å². The van der Waals surface area contributed by atoms with Gasteiger partial charge in [-0.2, -0.15) is 0 Å². The number of nitrogens with one attached hydrogen (secondary N) is 2. The van der Waals surface area contributed by atoms with E-state index in [9.17, 15) is 9.59 Å². The summed E-state index contributed by atoms with van der Waals surface area (Å²) >= 11 is 0. The van der Waals surface area contributed by atoms with Crippen LogP contribution in [0.4, 0.5) is 11.6 Å². The highest BCUT2D eigenvalue weighted by Crippen LogP contribution is 2.24. The molecule has 1 aromatic carbocycles. The van der Waals surface area contributed by atoms with E-state index in [-0.39, 0.29) is 17.7 Å². The summed E-state index contributed by atoms with van der Waals surface area (Å²) in [5.41, 5.74) is 1.78. The van der Waals surface area contributed by atoms with Gasteiger partial charge in [0.25, 0.3) is 5.91 Å². The molecule has 1 aromatic heterocycles. The lowest BCUT2D eigenvalue weighted by Crippen LogP contribution is -2.38. The number of para-hydroxylation sites is 1. The van der Waals surface area contributed by atoms with Crippen molar-refractivity contribution < 1.29 is 14.3 Å². The molecule has 1 saturated heterocycles. The number of amides is 2. The second-order valence-electron chi connectivity index (χ2n) is 7.97. The summed E-state index contributed by atoms with van der Waals surface area (Å²) in [5.74, 6) is 0.568. The molecule has 8 heteroatoms. The maximum Gasteiger partial charge on any atom is 0.259 e. The summed E-state index contributed by atoms with van der Waals surface area (Å²) in [7, 11) is 0. The highest BCUT2D eigenvalue weighted by Gasteiger charge is 2.23. The van der Waals surface area contributed by atoms with Gasteiger partial charge in [-0.25, -0.2) is 9.97 Å². The standard InChI is InChI=1S/C23H29N5O3/c29-21(17-6-4-5-7-17)24-11-10-20-19(22(30)26-18-8-2-1-3-9-18)16-25-23(27-20)28-12-14-31-15-13-28/h1-3,8-9,16-17H,4-7,10-15H2,(H,24,29)(H,26,30). The first kappa shape index (κ1) is 21.2. The number of anilines is 2. The molecule has 0 unspecified atom stereocenters. The molecule has 2 fully saturated rings. The van der Waals surface area contributed by atoms with Gasteiger partial charge in [-0.1, -0.05) is 31.0 Å². The normalized spacial score (nSPS) is 16.8. The van der Waals surface area contributed by atoms with Crippen LogP contribution < -0.4 is 15.5 Å². The molecular weight excluding hydrogens is 394 g/mol. The number of morpholine rings is 1. The number of carbonyl (C=O) groups is 2. The lowest BCUT2D eigenvalue weighted by atomic mass is 10.1. The zero-order chi connectivity index (χ0) is 21.5. The molecule has 0 spiro atoms. The molecule has 2 aliphatic rings. The van der Waals surface area contributed by atoms with Gasteiger partial charge in [0, 0.05) is 43.9 Å². The smallest absolute Gasteiger partial charge is 0.259 e. The Morgan fingerprint density at radius 1 is 1.10 bits per heavy atom. The van der Waals surface area contributed by atoms with Gasteiger partial charge in [0.2, 0.25) is 11.9 Å². The zero-order valence-electron chi connectivity index (χ0n) is 17.7. The predicted octanol–water partition coefficient (Wildman–Crippen LogP) is 2.41. The average Bonchev–Trinajstić information content (AvgIpc) is 3.35. The van der Waals surface area contributed by atoms with E-state index in [1.165, 1.54) is 0 Å². The van der Waals surface area contributed by atoms with Crippen molar-refractivity contribution in [1.82, 2.24) is 15.3 Å². The van der Waals surface area contributed by atoms with Crippen LogP contribution >= 0.6 is 0 Å². The van der Waals surface area contributed by atoms with E-state index < -0.39 is 0 Å². The Morgan fingerprint density at radius 2 is 1.84 bits per heavy atom. The molecule has 0 radical (unpaired) electrons. The van der Waals surface area contributed by atoms with E-state index in [2.05, 4.69) is 20.5 Å². The van der Waals surface area contributed by atoms with Crippen molar-refractivity contribution >= 4 is 23.5 Å². The first-order chi connectivity index (χ1) is 15.2. The van der Waals surface area contributed by atoms with Crippen LogP contribution in [-0.4, -0.2) is 54.6 Å². The molecule has 1 aliphatic heterocycles. The lowest BCUT2D eigenvalue weighted by molar-refractivity contribution is -0.124. The van der Waals surface area contributed by atoms with Gasteiger partial charge in [-0.15, -0.1) is 0 Å². The van der Waals surface area contributed by atoms with E-state index in [1.54, 1.807) is 6.20 Å². The molecule has 1 saturated carbocycles. The zero-order valence-corrected chi connectivity index (χ0v) is 17.7. The predicted molar refractivity (Wildman–Crippen MR) is 118 cm³/mol. The van der Waals surface area contributed by atoms with Crippen molar-refractivity contribution in [1.29, 1.82) is 0 Å². The number of aromatic nitrogens is 2. The van der Waals surface area contributed by atoms with Crippen LogP contribution in [0, 0.1) is 5.92 Å². The monoisotopic (exact) mass is 423 g/mol. The van der Waals surface area contributed by atoms with E-state index in [0.717, 1.165) is 25.7 Å². The average molecular weight is 424 g/mol. The summed E-state index contributed by atoms with van der Waals surface area (Å²) in [5, 5.41) is 5.92. The highest BCUT2D eigenvalue weighted by atomic mass is 16.5. The lowest BCUT2D eigenvalue weighted by Gasteiger charge is -2.27. The Kier molecular flexibility index (Phi) is 7.09. The summed E-state index contributed by atoms with van der Waals surface area (Å²) in [6.45, 7) is 3.14. The molecular formula is C23H29N5O3. The van der Waals surface area contributed by atoms with Crippen molar-refractivity contribution in [2.24, 2.45) is 5.92 Å². The number of carbonyl (C=O) groups excluding carboxylic acids is 2. The van der Waals surface area contributed by atoms with Gasteiger partial charge in [0.05, 0.1) is 24.5 Å². The van der Waals surface area contributed by atoms with Crippen LogP contribution in [0.15, 0.2) is 36.5 Å². The number of hydrogen-bond donors (Lipinski definition) is 2. The Balaban J connectivity index is 1.48. The van der Waals surface area contributed by atoms with Crippen LogP contribution in [0.5, 0.6) is 0 Å². The van der Waals surface area contributed by atoms with E-state index in [0.29, 0.717) is 62.2 Å². The van der Waals surface area contributed by atoms with Gasteiger partial charge in [0.15, 0.2) is 0 Å². The Morgan fingerprint density at radius 3 is 2.58 bits per heavy atom. The fraction of sp³-hybridized carbons (Fsp3) is 0.478. The van der Waals surface area contributed by atoms with Crippen molar-refractivity contribution in [3.05, 3.63) is 47.8 Å². The van der Waals surface area contributed by atoms with Crippen molar-refractivity contribution in [3.63, 3.8) is 0 Å². The minimum atomic E-state index is -0.253. The van der Waals surface area contributed by atoms with Gasteiger partial charge in [0.1, 0.15) is 0 Å². The quantitative estimate of drug-likeness (QED) is 0.710. The molecule has 8 nitrogen and oxygen atoms in total. The third-order valence-electron chi connectivity index (χ3n) is 5.81. The molecule has 31 heavy (non-hydrogen) atoms. The van der Waals surface area contributed by atoms with Crippen LogP contribution in [0.3, 0.4) is 0 Å². The fourth-order valence-corrected chi connectivity index (χ4v) is 4.06. The number of nitrogens with zero attached hydrogens (tertiary/aromatic N) is 3. The minimum Gasteiger partial charge on any atom is -0.378 e. The Hall–Kier alpha value is -3.00. The Labute approximate surface area is 182 Å². The van der Waals surface area contributed by atoms with Gasteiger partial charge in [-0.3, -0.25) is 9.59 Å². The SMILES string of the molecule is O=C(Nc1ccccc1)c1cnc(N2CCOCC2)nc1CCNC(=O)C1CCCC1.